The highest BCUT2D eigenvalue weighted by molar-refractivity contribution is 5.76. The van der Waals surface area contributed by atoms with Crippen molar-refractivity contribution in [3.8, 4) is 0 Å². The minimum absolute atomic E-state index is 0.0495. The number of hydrogen-bond acceptors (Lipinski definition) is 2. The summed E-state index contributed by atoms with van der Waals surface area (Å²) < 4.78 is 0. The molecule has 0 aromatic carbocycles. The maximum Gasteiger partial charge on any atom is 0.303 e. The molecule has 0 heterocycles. The highest BCUT2D eigenvalue weighted by Crippen LogP contribution is 1.99. The molecule has 0 aromatic rings. The fraction of sp³-hybridized carbons (Fsp3) is 0.800. The number of carboxylic acids is 1. The second-order valence-electron chi connectivity index (χ2n) is 3.56. The fourth-order valence-corrected chi connectivity index (χ4v) is 0.921. The quantitative estimate of drug-likeness (QED) is 0.654. The molecule has 0 aliphatic heterocycles. The number of carboxylic acid groups (broad SMARTS) is 1. The van der Waals surface area contributed by atoms with Gasteiger partial charge in [-0.05, 0) is 12.3 Å². The zero-order chi connectivity index (χ0) is 11.0. The van der Waals surface area contributed by atoms with Crippen LogP contribution in [-0.2, 0) is 9.59 Å². The Bertz CT molecular complexity index is 192. The molecule has 0 saturated carbocycles. The van der Waals surface area contributed by atoms with Gasteiger partial charge in [-0.3, -0.25) is 9.59 Å². The standard InChI is InChI=1S/C10H19NO3/c1-3-8(2)7-11-9(12)5-4-6-10(13)14/h8H,3-7H2,1-2H3,(H,11,12)(H,13,14). The van der Waals surface area contributed by atoms with Crippen LogP contribution in [0, 0.1) is 5.92 Å². The maximum atomic E-state index is 11.1. The number of amides is 1. The van der Waals surface area contributed by atoms with Crippen molar-refractivity contribution in [1.82, 2.24) is 5.32 Å². The molecule has 0 rings (SSSR count). The summed E-state index contributed by atoms with van der Waals surface area (Å²) in [6.45, 7) is 4.82. The van der Waals surface area contributed by atoms with Gasteiger partial charge in [-0.25, -0.2) is 0 Å². The maximum absolute atomic E-state index is 11.1. The summed E-state index contributed by atoms with van der Waals surface area (Å²) in [6, 6.07) is 0. The molecule has 0 fully saturated rings. The Hall–Kier alpha value is -1.06. The molecule has 0 saturated heterocycles. The predicted octanol–water partition coefficient (Wildman–Crippen LogP) is 1.40. The molecular formula is C10H19NO3. The Morgan fingerprint density at radius 3 is 2.50 bits per heavy atom. The lowest BCUT2D eigenvalue weighted by molar-refractivity contribution is -0.137. The first-order chi connectivity index (χ1) is 6.56. The lowest BCUT2D eigenvalue weighted by atomic mass is 10.1. The van der Waals surface area contributed by atoms with Crippen molar-refractivity contribution >= 4 is 11.9 Å². The molecule has 4 nitrogen and oxygen atoms in total. The molecule has 0 aliphatic rings. The Morgan fingerprint density at radius 2 is 2.00 bits per heavy atom. The van der Waals surface area contributed by atoms with Gasteiger partial charge < -0.3 is 10.4 Å². The molecule has 0 aliphatic carbocycles. The van der Waals surface area contributed by atoms with E-state index in [0.29, 0.717) is 25.3 Å². The molecule has 2 N–H and O–H groups in total. The summed E-state index contributed by atoms with van der Waals surface area (Å²) in [5, 5.41) is 11.1. The third-order valence-electron chi connectivity index (χ3n) is 2.14. The molecule has 0 aromatic heterocycles. The van der Waals surface area contributed by atoms with Crippen LogP contribution in [0.2, 0.25) is 0 Å². The van der Waals surface area contributed by atoms with Crippen LogP contribution >= 0.6 is 0 Å². The van der Waals surface area contributed by atoms with Gasteiger partial charge in [-0.1, -0.05) is 20.3 Å². The van der Waals surface area contributed by atoms with Gasteiger partial charge in [0.2, 0.25) is 5.91 Å². The number of aliphatic carboxylic acids is 1. The van der Waals surface area contributed by atoms with Crippen molar-refractivity contribution in [2.24, 2.45) is 5.92 Å². The summed E-state index contributed by atoms with van der Waals surface area (Å²) in [7, 11) is 0. The zero-order valence-electron chi connectivity index (χ0n) is 8.88. The first-order valence-corrected chi connectivity index (χ1v) is 5.04. The van der Waals surface area contributed by atoms with Crippen LogP contribution in [0.1, 0.15) is 39.5 Å². The summed E-state index contributed by atoms with van der Waals surface area (Å²) in [6.07, 6.45) is 1.83. The molecule has 14 heavy (non-hydrogen) atoms. The molecule has 1 amide bonds. The van der Waals surface area contributed by atoms with Crippen LogP contribution in [0.3, 0.4) is 0 Å². The monoisotopic (exact) mass is 201 g/mol. The molecule has 4 heteroatoms. The average molecular weight is 201 g/mol. The van der Waals surface area contributed by atoms with E-state index in [1.165, 1.54) is 0 Å². The Labute approximate surface area is 84.7 Å². The van der Waals surface area contributed by atoms with E-state index in [1.54, 1.807) is 0 Å². The predicted molar refractivity (Wildman–Crippen MR) is 54.0 cm³/mol. The third kappa shape index (κ3) is 7.58. The Morgan fingerprint density at radius 1 is 1.36 bits per heavy atom. The van der Waals surface area contributed by atoms with E-state index in [0.717, 1.165) is 6.42 Å². The van der Waals surface area contributed by atoms with Crippen molar-refractivity contribution < 1.29 is 14.7 Å². The van der Waals surface area contributed by atoms with E-state index >= 15 is 0 Å². The lowest BCUT2D eigenvalue weighted by Crippen LogP contribution is -2.27. The zero-order valence-corrected chi connectivity index (χ0v) is 8.88. The molecule has 82 valence electrons. The Balaban J connectivity index is 3.41. The van der Waals surface area contributed by atoms with E-state index in [-0.39, 0.29) is 12.3 Å². The summed E-state index contributed by atoms with van der Waals surface area (Å²) in [5.41, 5.74) is 0. The van der Waals surface area contributed by atoms with Gasteiger partial charge in [0.1, 0.15) is 0 Å². The number of carbonyl (C=O) groups is 2. The SMILES string of the molecule is CCC(C)CNC(=O)CCCC(=O)O. The van der Waals surface area contributed by atoms with E-state index in [4.69, 9.17) is 5.11 Å². The van der Waals surface area contributed by atoms with Crippen molar-refractivity contribution in [3.05, 3.63) is 0 Å². The van der Waals surface area contributed by atoms with E-state index in [1.807, 2.05) is 0 Å². The molecule has 0 radical (unpaired) electrons. The van der Waals surface area contributed by atoms with Crippen molar-refractivity contribution in [1.29, 1.82) is 0 Å². The average Bonchev–Trinajstić information content (AvgIpc) is 2.13. The van der Waals surface area contributed by atoms with E-state index < -0.39 is 5.97 Å². The number of nitrogens with one attached hydrogen (secondary N) is 1. The van der Waals surface area contributed by atoms with Crippen molar-refractivity contribution in [2.75, 3.05) is 6.54 Å². The van der Waals surface area contributed by atoms with Crippen molar-refractivity contribution in [3.63, 3.8) is 0 Å². The lowest BCUT2D eigenvalue weighted by Gasteiger charge is -2.09. The highest BCUT2D eigenvalue weighted by atomic mass is 16.4. The number of carbonyl (C=O) groups excluding carboxylic acids is 1. The molecular weight excluding hydrogens is 182 g/mol. The van der Waals surface area contributed by atoms with Crippen LogP contribution < -0.4 is 5.32 Å². The van der Waals surface area contributed by atoms with Gasteiger partial charge in [-0.2, -0.15) is 0 Å². The largest absolute Gasteiger partial charge is 0.481 e. The van der Waals surface area contributed by atoms with Gasteiger partial charge in [0, 0.05) is 19.4 Å². The van der Waals surface area contributed by atoms with Crippen LogP contribution in [0.5, 0.6) is 0 Å². The van der Waals surface area contributed by atoms with Gasteiger partial charge in [0.25, 0.3) is 0 Å². The minimum Gasteiger partial charge on any atom is -0.481 e. The van der Waals surface area contributed by atoms with Gasteiger partial charge in [0.15, 0.2) is 0 Å². The second kappa shape index (κ2) is 7.35. The highest BCUT2D eigenvalue weighted by Gasteiger charge is 2.05. The number of hydrogen-bond donors (Lipinski definition) is 2. The topological polar surface area (TPSA) is 66.4 Å². The third-order valence-corrected chi connectivity index (χ3v) is 2.14. The minimum atomic E-state index is -0.847. The van der Waals surface area contributed by atoms with Gasteiger partial charge >= 0.3 is 5.97 Å². The van der Waals surface area contributed by atoms with E-state index in [9.17, 15) is 9.59 Å². The van der Waals surface area contributed by atoms with E-state index in [2.05, 4.69) is 19.2 Å². The Kier molecular flexibility index (Phi) is 6.80. The summed E-state index contributed by atoms with van der Waals surface area (Å²) >= 11 is 0. The van der Waals surface area contributed by atoms with Crippen LogP contribution in [-0.4, -0.2) is 23.5 Å². The second-order valence-corrected chi connectivity index (χ2v) is 3.56. The molecule has 1 atom stereocenters. The summed E-state index contributed by atoms with van der Waals surface area (Å²) in [5.74, 6) is -0.412. The molecule has 0 spiro atoms. The smallest absolute Gasteiger partial charge is 0.303 e. The normalized spacial score (nSPS) is 12.1. The molecule has 1 unspecified atom stereocenters. The molecule has 0 bridgehead atoms. The number of rotatable bonds is 7. The van der Waals surface area contributed by atoms with Crippen LogP contribution in [0.25, 0.3) is 0 Å². The van der Waals surface area contributed by atoms with Gasteiger partial charge in [-0.15, -0.1) is 0 Å². The first-order valence-electron chi connectivity index (χ1n) is 5.04. The summed E-state index contributed by atoms with van der Waals surface area (Å²) in [4.78, 5) is 21.3. The fourth-order valence-electron chi connectivity index (χ4n) is 0.921. The van der Waals surface area contributed by atoms with Crippen LogP contribution in [0.15, 0.2) is 0 Å². The van der Waals surface area contributed by atoms with Crippen molar-refractivity contribution in [2.45, 2.75) is 39.5 Å². The first kappa shape index (κ1) is 12.9. The van der Waals surface area contributed by atoms with Crippen LogP contribution in [0.4, 0.5) is 0 Å². The van der Waals surface area contributed by atoms with Gasteiger partial charge in [0.05, 0.1) is 0 Å².